The average molecular weight is 286 g/mol. The van der Waals surface area contributed by atoms with E-state index < -0.39 is 27.2 Å². The number of hydrogen-bond acceptors (Lipinski definition) is 6. The number of Topliss-reactive ketones (excluding diaryl/α,β-unsaturated/α-hetero) is 1. The molecule has 0 fully saturated rings. The van der Waals surface area contributed by atoms with E-state index in [0.717, 1.165) is 18.4 Å². The van der Waals surface area contributed by atoms with Gasteiger partial charge in [-0.15, -0.1) is 0 Å². The van der Waals surface area contributed by atoms with Gasteiger partial charge in [-0.25, -0.2) is 13.2 Å². The Morgan fingerprint density at radius 3 is 2.16 bits per heavy atom. The van der Waals surface area contributed by atoms with E-state index in [-0.39, 0.29) is 29.6 Å². The van der Waals surface area contributed by atoms with E-state index in [1.54, 1.807) is 0 Å². The van der Waals surface area contributed by atoms with Gasteiger partial charge in [-0.3, -0.25) is 4.79 Å². The number of benzene rings is 1. The molecular formula is C11H10O7S. The number of carboxylic acid groups (broad SMARTS) is 1. The van der Waals surface area contributed by atoms with Crippen molar-refractivity contribution >= 4 is 21.6 Å². The molecule has 1 N–H and O–H groups in total. The third kappa shape index (κ3) is 2.53. The average Bonchev–Trinajstić information content (AvgIpc) is 2.35. The molecule has 0 aromatic heterocycles. The van der Waals surface area contributed by atoms with Gasteiger partial charge in [0.2, 0.25) is 0 Å². The molecule has 0 aliphatic carbocycles. The van der Waals surface area contributed by atoms with Crippen LogP contribution in [0.4, 0.5) is 0 Å². The molecule has 7 nitrogen and oxygen atoms in total. The summed E-state index contributed by atoms with van der Waals surface area (Å²) in [5.41, 5.74) is -0.431. The molecule has 0 saturated carbocycles. The van der Waals surface area contributed by atoms with Crippen LogP contribution in [0.1, 0.15) is 10.4 Å². The predicted molar refractivity (Wildman–Crippen MR) is 62.5 cm³/mol. The minimum absolute atomic E-state index is 0.156. The van der Waals surface area contributed by atoms with E-state index >= 15 is 0 Å². The predicted octanol–water partition coefficient (Wildman–Crippen LogP) is 0.129. The summed E-state index contributed by atoms with van der Waals surface area (Å²) in [7, 11) is -3.77. The van der Waals surface area contributed by atoms with Gasteiger partial charge in [-0.2, -0.15) is 0 Å². The third-order valence-electron chi connectivity index (χ3n) is 2.48. The van der Waals surface area contributed by atoms with Gasteiger partial charge in [-0.05, 0) is 6.07 Å². The second-order valence-corrected chi connectivity index (χ2v) is 5.88. The molecule has 0 amide bonds. The van der Waals surface area contributed by atoms with Crippen LogP contribution in [0.2, 0.25) is 0 Å². The number of carbonyl (C=O) groups excluding carboxylic acids is 1. The lowest BCUT2D eigenvalue weighted by molar-refractivity contribution is -0.131. The topological polar surface area (TPSA) is 107 Å². The van der Waals surface area contributed by atoms with Crippen LogP contribution in [0.3, 0.4) is 0 Å². The first kappa shape index (κ1) is 13.3. The molecule has 1 aliphatic heterocycles. The van der Waals surface area contributed by atoms with Gasteiger partial charge >= 0.3 is 5.97 Å². The highest BCUT2D eigenvalue weighted by molar-refractivity contribution is 7.90. The Hall–Kier alpha value is -2.09. The summed E-state index contributed by atoms with van der Waals surface area (Å²) >= 11 is 0. The third-order valence-corrected chi connectivity index (χ3v) is 3.62. The van der Waals surface area contributed by atoms with E-state index in [2.05, 4.69) is 0 Å². The van der Waals surface area contributed by atoms with Gasteiger partial charge in [0.1, 0.15) is 13.2 Å². The molecule has 2 rings (SSSR count). The number of carboxylic acids is 1. The number of aliphatic carboxylic acids is 1. The van der Waals surface area contributed by atoms with E-state index in [1.807, 2.05) is 0 Å². The summed E-state index contributed by atoms with van der Waals surface area (Å²) in [4.78, 5) is 21.9. The normalized spacial score (nSPS) is 13.9. The van der Waals surface area contributed by atoms with Crippen LogP contribution < -0.4 is 9.47 Å². The minimum atomic E-state index is -3.77. The number of ether oxygens (including phenoxy) is 2. The summed E-state index contributed by atoms with van der Waals surface area (Å²) in [5, 5.41) is 8.71. The maximum Gasteiger partial charge on any atom is 0.377 e. The van der Waals surface area contributed by atoms with Crippen molar-refractivity contribution in [1.82, 2.24) is 0 Å². The molecule has 0 unspecified atom stereocenters. The molecule has 0 atom stereocenters. The Morgan fingerprint density at radius 2 is 1.68 bits per heavy atom. The van der Waals surface area contributed by atoms with Crippen LogP contribution in [0.25, 0.3) is 0 Å². The second-order valence-electron chi connectivity index (χ2n) is 3.90. The molecule has 19 heavy (non-hydrogen) atoms. The lowest BCUT2D eigenvalue weighted by Crippen LogP contribution is -2.20. The summed E-state index contributed by atoms with van der Waals surface area (Å²) in [6, 6.07) is 2.20. The number of ketones is 1. The fourth-order valence-corrected chi connectivity index (χ4v) is 2.54. The molecule has 0 bridgehead atoms. The highest BCUT2D eigenvalue weighted by atomic mass is 32.2. The van der Waals surface area contributed by atoms with Gasteiger partial charge in [0.25, 0.3) is 5.78 Å². The SMILES string of the molecule is CS(=O)(=O)c1cc2c(cc1C(=O)C(=O)O)OCCO2. The van der Waals surface area contributed by atoms with Crippen molar-refractivity contribution in [3.8, 4) is 11.5 Å². The highest BCUT2D eigenvalue weighted by Gasteiger charge is 2.27. The quantitative estimate of drug-likeness (QED) is 0.621. The molecule has 1 aliphatic rings. The van der Waals surface area contributed by atoms with E-state index in [0.29, 0.717) is 0 Å². The van der Waals surface area contributed by atoms with Crippen LogP contribution in [0, 0.1) is 0 Å². The Bertz CT molecular complexity index is 660. The van der Waals surface area contributed by atoms with Crippen LogP contribution in [-0.2, 0) is 14.6 Å². The summed E-state index contributed by atoms with van der Waals surface area (Å²) < 4.78 is 33.7. The van der Waals surface area contributed by atoms with Crippen LogP contribution in [-0.4, -0.2) is 44.7 Å². The van der Waals surface area contributed by atoms with Crippen molar-refractivity contribution in [3.63, 3.8) is 0 Å². The smallest absolute Gasteiger partial charge is 0.377 e. The minimum Gasteiger partial charge on any atom is -0.486 e. The van der Waals surface area contributed by atoms with Crippen molar-refractivity contribution in [1.29, 1.82) is 0 Å². The largest absolute Gasteiger partial charge is 0.486 e. The van der Waals surface area contributed by atoms with Crippen LogP contribution in [0.15, 0.2) is 17.0 Å². The standard InChI is InChI=1S/C11H10O7S/c1-19(15,16)9-5-8-7(17-2-3-18-8)4-6(9)10(12)11(13)14/h4-5H,2-3H2,1H3,(H,13,14). The van der Waals surface area contributed by atoms with E-state index in [4.69, 9.17) is 14.6 Å². The first-order valence-electron chi connectivity index (χ1n) is 5.22. The summed E-state index contributed by atoms with van der Waals surface area (Å²) in [6.07, 6.45) is 0.886. The lowest BCUT2D eigenvalue weighted by Gasteiger charge is -2.20. The van der Waals surface area contributed by atoms with Crippen molar-refractivity contribution < 1.29 is 32.6 Å². The Kier molecular flexibility index (Phi) is 3.19. The number of carbonyl (C=O) groups is 2. The molecule has 0 radical (unpaired) electrons. The first-order valence-corrected chi connectivity index (χ1v) is 7.11. The molecule has 0 spiro atoms. The molecule has 102 valence electrons. The summed E-state index contributed by atoms with van der Waals surface area (Å²) in [5.74, 6) is -2.71. The van der Waals surface area contributed by atoms with Crippen molar-refractivity contribution in [2.24, 2.45) is 0 Å². The fourth-order valence-electron chi connectivity index (χ4n) is 1.67. The number of sulfone groups is 1. The van der Waals surface area contributed by atoms with Crippen LogP contribution in [0.5, 0.6) is 11.5 Å². The van der Waals surface area contributed by atoms with Gasteiger partial charge in [0.15, 0.2) is 21.3 Å². The molecule has 8 heteroatoms. The zero-order valence-electron chi connectivity index (χ0n) is 9.87. The molecule has 0 saturated heterocycles. The zero-order chi connectivity index (χ0) is 14.2. The Morgan fingerprint density at radius 1 is 1.16 bits per heavy atom. The van der Waals surface area contributed by atoms with Gasteiger partial charge in [0.05, 0.1) is 10.5 Å². The van der Waals surface area contributed by atoms with Crippen molar-refractivity contribution in [3.05, 3.63) is 17.7 Å². The highest BCUT2D eigenvalue weighted by Crippen LogP contribution is 2.35. The second kappa shape index (κ2) is 4.54. The lowest BCUT2D eigenvalue weighted by atomic mass is 10.1. The Labute approximate surface area is 108 Å². The zero-order valence-corrected chi connectivity index (χ0v) is 10.7. The Balaban J connectivity index is 2.69. The first-order chi connectivity index (χ1) is 8.80. The number of fused-ring (bicyclic) bond motifs is 1. The van der Waals surface area contributed by atoms with Crippen molar-refractivity contribution in [2.75, 3.05) is 19.5 Å². The molecule has 1 heterocycles. The van der Waals surface area contributed by atoms with Gasteiger partial charge < -0.3 is 14.6 Å². The van der Waals surface area contributed by atoms with Gasteiger partial charge in [0, 0.05) is 12.3 Å². The number of hydrogen-bond donors (Lipinski definition) is 1. The monoisotopic (exact) mass is 286 g/mol. The maximum atomic E-state index is 11.6. The maximum absolute atomic E-state index is 11.6. The number of rotatable bonds is 3. The van der Waals surface area contributed by atoms with Gasteiger partial charge in [-0.1, -0.05) is 0 Å². The molecule has 1 aromatic carbocycles. The van der Waals surface area contributed by atoms with Crippen LogP contribution >= 0.6 is 0 Å². The van der Waals surface area contributed by atoms with Crippen molar-refractivity contribution in [2.45, 2.75) is 4.90 Å². The van der Waals surface area contributed by atoms with E-state index in [1.165, 1.54) is 0 Å². The fraction of sp³-hybridized carbons (Fsp3) is 0.273. The molecule has 1 aromatic rings. The van der Waals surface area contributed by atoms with E-state index in [9.17, 15) is 18.0 Å². The summed E-state index contributed by atoms with van der Waals surface area (Å²) in [6.45, 7) is 0.494. The molecular weight excluding hydrogens is 276 g/mol.